The summed E-state index contributed by atoms with van der Waals surface area (Å²) in [6.07, 6.45) is 0. The van der Waals surface area contributed by atoms with E-state index in [4.69, 9.17) is 28.9 Å². The molecule has 2 aromatic rings. The molecule has 2 N–H and O–H groups in total. The standard InChI is InChI=1S/C13H7Cl2F2NO/c14-6-4-5-9(18)11(12(6)15)13(19)10-7(16)2-1-3-8(10)17/h1-5H,18H2. The summed E-state index contributed by atoms with van der Waals surface area (Å²) in [4.78, 5) is 12.2. The maximum Gasteiger partial charge on any atom is 0.202 e. The average Bonchev–Trinajstić information content (AvgIpc) is 2.34. The third-order valence-corrected chi connectivity index (χ3v) is 3.35. The Hall–Kier alpha value is -1.65. The van der Waals surface area contributed by atoms with Crippen molar-refractivity contribution in [2.24, 2.45) is 0 Å². The molecule has 0 saturated carbocycles. The molecule has 2 aromatic carbocycles. The van der Waals surface area contributed by atoms with Gasteiger partial charge in [0.05, 0.1) is 21.2 Å². The summed E-state index contributed by atoms with van der Waals surface area (Å²) in [7, 11) is 0. The van der Waals surface area contributed by atoms with Crippen LogP contribution in [0.25, 0.3) is 0 Å². The summed E-state index contributed by atoms with van der Waals surface area (Å²) in [6.45, 7) is 0. The number of rotatable bonds is 2. The van der Waals surface area contributed by atoms with E-state index in [0.29, 0.717) is 0 Å². The van der Waals surface area contributed by atoms with E-state index in [1.807, 2.05) is 0 Å². The maximum absolute atomic E-state index is 13.6. The van der Waals surface area contributed by atoms with Crippen LogP contribution in [0.2, 0.25) is 10.0 Å². The number of ketones is 1. The number of halogens is 4. The van der Waals surface area contributed by atoms with Crippen LogP contribution in [-0.2, 0) is 0 Å². The zero-order valence-electron chi connectivity index (χ0n) is 9.38. The fourth-order valence-corrected chi connectivity index (χ4v) is 2.05. The lowest BCUT2D eigenvalue weighted by molar-refractivity contribution is 0.103. The molecule has 2 rings (SSSR count). The van der Waals surface area contributed by atoms with E-state index in [9.17, 15) is 13.6 Å². The van der Waals surface area contributed by atoms with Gasteiger partial charge in [0.25, 0.3) is 0 Å². The van der Waals surface area contributed by atoms with Crippen LogP contribution in [0.1, 0.15) is 15.9 Å². The summed E-state index contributed by atoms with van der Waals surface area (Å²) in [6, 6.07) is 5.86. The van der Waals surface area contributed by atoms with E-state index in [0.717, 1.165) is 18.2 Å². The molecule has 0 aliphatic rings. The molecule has 0 bridgehead atoms. The maximum atomic E-state index is 13.6. The van der Waals surface area contributed by atoms with Gasteiger partial charge in [0.15, 0.2) is 0 Å². The van der Waals surface area contributed by atoms with E-state index in [1.54, 1.807) is 0 Å². The fourth-order valence-electron chi connectivity index (χ4n) is 1.64. The molecule has 19 heavy (non-hydrogen) atoms. The molecule has 0 spiro atoms. The van der Waals surface area contributed by atoms with E-state index in [1.165, 1.54) is 12.1 Å². The highest BCUT2D eigenvalue weighted by Gasteiger charge is 2.24. The number of benzene rings is 2. The first-order valence-electron chi connectivity index (χ1n) is 5.15. The van der Waals surface area contributed by atoms with Crippen molar-refractivity contribution in [3.8, 4) is 0 Å². The van der Waals surface area contributed by atoms with Crippen molar-refractivity contribution in [2.45, 2.75) is 0 Å². The lowest BCUT2D eigenvalue weighted by atomic mass is 10.0. The summed E-state index contributed by atoms with van der Waals surface area (Å²) < 4.78 is 27.1. The largest absolute Gasteiger partial charge is 0.398 e. The van der Waals surface area contributed by atoms with Crippen LogP contribution in [0.4, 0.5) is 14.5 Å². The zero-order valence-corrected chi connectivity index (χ0v) is 10.9. The van der Waals surface area contributed by atoms with E-state index in [2.05, 4.69) is 0 Å². The summed E-state index contributed by atoms with van der Waals surface area (Å²) in [5.74, 6) is -2.92. The third-order valence-electron chi connectivity index (χ3n) is 2.54. The smallest absolute Gasteiger partial charge is 0.202 e. The second-order valence-electron chi connectivity index (χ2n) is 3.75. The minimum atomic E-state index is -0.986. The number of hydrogen-bond acceptors (Lipinski definition) is 2. The van der Waals surface area contributed by atoms with Gasteiger partial charge in [-0.3, -0.25) is 4.79 Å². The van der Waals surface area contributed by atoms with Crippen molar-refractivity contribution in [2.75, 3.05) is 5.73 Å². The van der Waals surface area contributed by atoms with Gasteiger partial charge in [0.1, 0.15) is 11.6 Å². The Bertz CT molecular complexity index is 654. The first-order valence-corrected chi connectivity index (χ1v) is 5.91. The van der Waals surface area contributed by atoms with Crippen molar-refractivity contribution in [1.29, 1.82) is 0 Å². The molecule has 0 fully saturated rings. The average molecular weight is 302 g/mol. The molecule has 0 aromatic heterocycles. The van der Waals surface area contributed by atoms with Crippen LogP contribution >= 0.6 is 23.2 Å². The number of carbonyl (C=O) groups is 1. The van der Waals surface area contributed by atoms with Gasteiger partial charge in [-0.1, -0.05) is 29.3 Å². The highest BCUT2D eigenvalue weighted by Crippen LogP contribution is 2.32. The molecule has 0 saturated heterocycles. The number of nitrogen functional groups attached to an aromatic ring is 1. The van der Waals surface area contributed by atoms with Crippen molar-refractivity contribution in [1.82, 2.24) is 0 Å². The molecule has 0 amide bonds. The molecule has 0 aliphatic carbocycles. The van der Waals surface area contributed by atoms with Gasteiger partial charge in [-0.15, -0.1) is 0 Å². The summed E-state index contributed by atoms with van der Waals surface area (Å²) in [5, 5.41) is -0.0507. The van der Waals surface area contributed by atoms with Gasteiger partial charge < -0.3 is 5.73 Å². The minimum absolute atomic E-state index is 0.00190. The summed E-state index contributed by atoms with van der Waals surface area (Å²) >= 11 is 11.6. The second kappa shape index (κ2) is 5.15. The van der Waals surface area contributed by atoms with Crippen molar-refractivity contribution in [3.63, 3.8) is 0 Å². The Morgan fingerprint density at radius 3 is 2.16 bits per heavy atom. The SMILES string of the molecule is Nc1ccc(Cl)c(Cl)c1C(=O)c1c(F)cccc1F. The van der Waals surface area contributed by atoms with Gasteiger partial charge in [0.2, 0.25) is 5.78 Å². The quantitative estimate of drug-likeness (QED) is 0.671. The predicted molar refractivity (Wildman–Crippen MR) is 70.7 cm³/mol. The van der Waals surface area contributed by atoms with Crippen molar-refractivity contribution >= 4 is 34.7 Å². The van der Waals surface area contributed by atoms with Gasteiger partial charge in [-0.25, -0.2) is 8.78 Å². The molecular weight excluding hydrogens is 295 g/mol. The predicted octanol–water partition coefficient (Wildman–Crippen LogP) is 4.08. The number of hydrogen-bond donors (Lipinski definition) is 1. The van der Waals surface area contributed by atoms with Crippen LogP contribution < -0.4 is 5.73 Å². The van der Waals surface area contributed by atoms with Crippen LogP contribution in [0.5, 0.6) is 0 Å². The monoisotopic (exact) mass is 301 g/mol. The highest BCUT2D eigenvalue weighted by atomic mass is 35.5. The van der Waals surface area contributed by atoms with Gasteiger partial charge >= 0.3 is 0 Å². The molecule has 0 aliphatic heterocycles. The van der Waals surface area contributed by atoms with E-state index >= 15 is 0 Å². The first-order chi connectivity index (χ1) is 8.93. The molecule has 0 heterocycles. The van der Waals surface area contributed by atoms with Crippen LogP contribution in [-0.4, -0.2) is 5.78 Å². The minimum Gasteiger partial charge on any atom is -0.398 e. The molecule has 0 radical (unpaired) electrons. The van der Waals surface area contributed by atoms with E-state index in [-0.39, 0.29) is 21.3 Å². The highest BCUT2D eigenvalue weighted by molar-refractivity contribution is 6.45. The Kier molecular flexibility index (Phi) is 3.73. The van der Waals surface area contributed by atoms with Gasteiger partial charge in [0, 0.05) is 5.69 Å². The lowest BCUT2D eigenvalue weighted by Gasteiger charge is -2.09. The topological polar surface area (TPSA) is 43.1 Å². The Morgan fingerprint density at radius 2 is 1.58 bits per heavy atom. The Balaban J connectivity index is 2.67. The van der Waals surface area contributed by atoms with E-state index < -0.39 is 23.0 Å². The second-order valence-corrected chi connectivity index (χ2v) is 4.54. The first kappa shape index (κ1) is 13.8. The zero-order chi connectivity index (χ0) is 14.2. The number of carbonyl (C=O) groups excluding carboxylic acids is 1. The van der Waals surface area contributed by atoms with Crippen LogP contribution in [0.3, 0.4) is 0 Å². The van der Waals surface area contributed by atoms with Crippen molar-refractivity contribution in [3.05, 3.63) is 63.1 Å². The number of nitrogens with two attached hydrogens (primary N) is 1. The Labute approximate surface area is 117 Å². The fraction of sp³-hybridized carbons (Fsp3) is 0. The normalized spacial score (nSPS) is 10.5. The lowest BCUT2D eigenvalue weighted by Crippen LogP contribution is -2.11. The van der Waals surface area contributed by atoms with Crippen LogP contribution in [0, 0.1) is 11.6 Å². The molecular formula is C13H7Cl2F2NO. The third kappa shape index (κ3) is 2.41. The molecule has 6 heteroatoms. The number of anilines is 1. The van der Waals surface area contributed by atoms with Crippen LogP contribution in [0.15, 0.2) is 30.3 Å². The molecule has 2 nitrogen and oxygen atoms in total. The molecule has 0 unspecified atom stereocenters. The van der Waals surface area contributed by atoms with Crippen molar-refractivity contribution < 1.29 is 13.6 Å². The van der Waals surface area contributed by atoms with Gasteiger partial charge in [-0.2, -0.15) is 0 Å². The Morgan fingerprint density at radius 1 is 1.00 bits per heavy atom. The van der Waals surface area contributed by atoms with Gasteiger partial charge in [-0.05, 0) is 24.3 Å². The molecule has 0 atom stereocenters. The molecule has 98 valence electrons. The summed E-state index contributed by atoms with van der Waals surface area (Å²) in [5.41, 5.74) is 4.70.